The van der Waals surface area contributed by atoms with Gasteiger partial charge in [0.15, 0.2) is 6.29 Å². The van der Waals surface area contributed by atoms with Crippen molar-refractivity contribution < 1.29 is 4.79 Å². The number of fused-ring (bicyclic) bond motifs is 2. The van der Waals surface area contributed by atoms with Gasteiger partial charge in [-0.3, -0.25) is 4.79 Å². The Hall–Kier alpha value is -1.17. The molecule has 1 nitrogen and oxygen atoms in total. The van der Waals surface area contributed by atoms with Gasteiger partial charge in [-0.2, -0.15) is 0 Å². The number of allylic oxidation sites excluding steroid dienone is 1. The minimum absolute atomic E-state index is 0.777. The van der Waals surface area contributed by atoms with E-state index in [0.717, 1.165) is 21.7 Å². The molecule has 0 aliphatic carbocycles. The van der Waals surface area contributed by atoms with E-state index in [4.69, 9.17) is 0 Å². The molecule has 0 aromatic heterocycles. The molecule has 3 heterocycles. The van der Waals surface area contributed by atoms with E-state index in [1.165, 1.54) is 57.4 Å². The van der Waals surface area contributed by atoms with Gasteiger partial charge in [0.1, 0.15) is 0 Å². The third-order valence-electron chi connectivity index (χ3n) is 6.58. The van der Waals surface area contributed by atoms with Gasteiger partial charge >= 0.3 is 0 Å². The van der Waals surface area contributed by atoms with E-state index in [0.29, 0.717) is 0 Å². The molecule has 9 heteroatoms. The molecule has 40 heavy (non-hydrogen) atoms. The summed E-state index contributed by atoms with van der Waals surface area (Å²) in [6, 6.07) is 27.8. The Kier molecular flexibility index (Phi) is 8.19. The number of aldehydes is 1. The van der Waals surface area contributed by atoms with Gasteiger partial charge in [0.2, 0.25) is 0 Å². The largest absolute Gasteiger partial charge is 0.298 e. The molecule has 0 N–H and O–H groups in total. The molecule has 0 radical (unpaired) electrons. The number of benzene rings is 4. The van der Waals surface area contributed by atoms with Crippen LogP contribution in [-0.2, 0) is 4.79 Å². The molecule has 3 aliphatic rings. The lowest BCUT2D eigenvalue weighted by atomic mass is 9.99. The first-order chi connectivity index (χ1) is 19.7. The van der Waals surface area contributed by atoms with Crippen LogP contribution < -0.4 is 10.4 Å². The second-order valence-electron chi connectivity index (χ2n) is 8.77. The van der Waals surface area contributed by atoms with Gasteiger partial charge in [0.25, 0.3) is 0 Å². The van der Waals surface area contributed by atoms with Crippen molar-refractivity contribution in [3.8, 4) is 0 Å². The number of hydrogen-bond acceptors (Lipinski definition) is 9. The maximum atomic E-state index is 12.1. The molecule has 0 amide bonds. The number of rotatable bonds is 4. The van der Waals surface area contributed by atoms with Gasteiger partial charge in [-0.15, -0.1) is 23.5 Å². The molecule has 4 aromatic rings. The molecular formula is C31H20OS8. The van der Waals surface area contributed by atoms with Crippen molar-refractivity contribution >= 4 is 136 Å². The smallest absolute Gasteiger partial charge is 0.152 e. The molecule has 0 fully saturated rings. The van der Waals surface area contributed by atoms with E-state index in [1.54, 1.807) is 23.5 Å². The van der Waals surface area contributed by atoms with Crippen LogP contribution in [0.15, 0.2) is 100 Å². The van der Waals surface area contributed by atoms with E-state index in [1.807, 2.05) is 101 Å². The van der Waals surface area contributed by atoms with Gasteiger partial charge in [0.05, 0.1) is 29.7 Å². The van der Waals surface area contributed by atoms with Gasteiger partial charge < -0.3 is 0 Å². The quantitative estimate of drug-likeness (QED) is 0.119. The maximum absolute atomic E-state index is 12.1. The molecule has 0 saturated carbocycles. The third-order valence-corrected chi connectivity index (χ3v) is 17.5. The zero-order valence-electron chi connectivity index (χ0n) is 21.3. The Morgan fingerprint density at radius 3 is 1.40 bits per heavy atom. The fourth-order valence-corrected chi connectivity index (χ4v) is 16.5. The highest BCUT2D eigenvalue weighted by molar-refractivity contribution is 8.52. The van der Waals surface area contributed by atoms with Crippen LogP contribution in [0.2, 0.25) is 0 Å². The monoisotopic (exact) mass is 664 g/mol. The summed E-state index contributed by atoms with van der Waals surface area (Å²) < 4.78 is 9.11. The first-order valence-corrected chi connectivity index (χ1v) is 19.6. The maximum Gasteiger partial charge on any atom is 0.152 e. The second kappa shape index (κ2) is 11.8. The van der Waals surface area contributed by atoms with Crippen molar-refractivity contribution in [1.82, 2.24) is 0 Å². The van der Waals surface area contributed by atoms with Crippen LogP contribution >= 0.6 is 94.1 Å². The van der Waals surface area contributed by atoms with Crippen LogP contribution in [-0.4, -0.2) is 18.8 Å². The first kappa shape index (κ1) is 27.7. The number of thioether (sulfide) groups is 8. The van der Waals surface area contributed by atoms with E-state index in [2.05, 4.69) is 61.0 Å². The zero-order chi connectivity index (χ0) is 27.2. The third kappa shape index (κ3) is 4.84. The summed E-state index contributed by atoms with van der Waals surface area (Å²) in [6.45, 7) is 0. The average molecular weight is 665 g/mol. The van der Waals surface area contributed by atoms with E-state index < -0.39 is 0 Å². The molecule has 3 aliphatic heterocycles. The molecule has 0 atom stereocenters. The second-order valence-corrected chi connectivity index (χ2v) is 18.3. The molecule has 198 valence electrons. The minimum Gasteiger partial charge on any atom is -0.298 e. The van der Waals surface area contributed by atoms with E-state index >= 15 is 0 Å². The number of carbonyl (C=O) groups excluding carboxylic acids is 1. The van der Waals surface area contributed by atoms with Crippen LogP contribution in [0.25, 0.3) is 35.6 Å². The average Bonchev–Trinajstić information content (AvgIpc) is 3.70. The summed E-state index contributed by atoms with van der Waals surface area (Å²) in [7, 11) is 0. The lowest BCUT2D eigenvalue weighted by Crippen LogP contribution is -2.16. The van der Waals surface area contributed by atoms with Crippen LogP contribution in [0.4, 0.5) is 0 Å². The number of carbonyl (C=O) groups is 1. The summed E-state index contributed by atoms with van der Waals surface area (Å²) in [4.78, 5) is 12.1. The summed E-state index contributed by atoms with van der Waals surface area (Å²) >= 11 is 14.7. The van der Waals surface area contributed by atoms with Crippen molar-refractivity contribution in [2.45, 2.75) is 0 Å². The molecule has 7 rings (SSSR count). The van der Waals surface area contributed by atoms with Gasteiger partial charge in [-0.25, -0.2) is 0 Å². The lowest BCUT2D eigenvalue weighted by Gasteiger charge is -2.12. The Morgan fingerprint density at radius 1 is 0.550 bits per heavy atom. The first-order valence-electron chi connectivity index (χ1n) is 12.3. The van der Waals surface area contributed by atoms with Crippen LogP contribution in [0.1, 0.15) is 5.56 Å². The predicted molar refractivity (Wildman–Crippen MR) is 194 cm³/mol. The van der Waals surface area contributed by atoms with Crippen molar-refractivity contribution in [2.75, 3.05) is 12.5 Å². The fourth-order valence-electron chi connectivity index (χ4n) is 4.84. The standard InChI is InChI=1S/C31H20OS8/c1-33-28-29(34-2)38-26(37-28)23-18-12-6-8-14-20(18)24(21-15-9-7-13-19(21)23)27-39-30-31(40-27)36-25(35-30)22(16-32)17-10-4-3-5-11-17/h3-16H,1-2H3. The summed E-state index contributed by atoms with van der Waals surface area (Å²) in [6.07, 6.45) is 5.35. The Balaban J connectivity index is 1.39. The summed E-state index contributed by atoms with van der Waals surface area (Å²) in [5.41, 5.74) is 1.75. The Labute approximate surface area is 267 Å². The Morgan fingerprint density at radius 2 is 0.975 bits per heavy atom. The van der Waals surface area contributed by atoms with Gasteiger partial charge in [-0.1, -0.05) is 149 Å². The molecule has 0 saturated heterocycles. The van der Waals surface area contributed by atoms with Gasteiger partial charge in [-0.05, 0) is 39.6 Å². The van der Waals surface area contributed by atoms with E-state index in [9.17, 15) is 4.79 Å². The van der Waals surface area contributed by atoms with E-state index in [-0.39, 0.29) is 0 Å². The normalized spacial score (nSPS) is 17.1. The molecule has 0 unspecified atom stereocenters. The van der Waals surface area contributed by atoms with Crippen molar-refractivity contribution in [1.29, 1.82) is 0 Å². The lowest BCUT2D eigenvalue weighted by molar-refractivity contribution is -0.103. The highest BCUT2D eigenvalue weighted by Crippen LogP contribution is 2.68. The van der Waals surface area contributed by atoms with Crippen LogP contribution in [0.3, 0.4) is 0 Å². The summed E-state index contributed by atoms with van der Waals surface area (Å²) in [5.74, 6) is 0. The molecular weight excluding hydrogens is 645 g/mol. The van der Waals surface area contributed by atoms with Crippen molar-refractivity contribution in [2.24, 2.45) is 0 Å². The Bertz CT molecular complexity index is 1840. The van der Waals surface area contributed by atoms with Gasteiger partial charge in [0, 0.05) is 16.0 Å². The highest BCUT2D eigenvalue weighted by atomic mass is 32.3. The zero-order valence-corrected chi connectivity index (χ0v) is 27.8. The van der Waals surface area contributed by atoms with Crippen molar-refractivity contribution in [3.05, 3.63) is 116 Å². The molecule has 4 aromatic carbocycles. The molecule has 0 bridgehead atoms. The minimum atomic E-state index is 0.777. The highest BCUT2D eigenvalue weighted by Gasteiger charge is 2.33. The molecule has 0 spiro atoms. The van der Waals surface area contributed by atoms with Crippen molar-refractivity contribution in [3.63, 3.8) is 0 Å². The SMILES string of the molecule is CSC1=C(SC)SC(=c2c3ccccc3c(=C3SC4=C(SC(=C(C=O)c5ccccc5)S4)S3)c3ccccc23)S1. The van der Waals surface area contributed by atoms with Crippen LogP contribution in [0, 0.1) is 0 Å². The van der Waals surface area contributed by atoms with Crippen LogP contribution in [0.5, 0.6) is 0 Å². The number of hydrogen-bond donors (Lipinski definition) is 0. The summed E-state index contributed by atoms with van der Waals surface area (Å²) in [5, 5.41) is 7.88. The predicted octanol–water partition coefficient (Wildman–Crippen LogP) is 10.1. The fraction of sp³-hybridized carbons (Fsp3) is 0.0645. The topological polar surface area (TPSA) is 17.1 Å².